The first-order valence-corrected chi connectivity index (χ1v) is 34.5. The van der Waals surface area contributed by atoms with Gasteiger partial charge in [0.2, 0.25) is 0 Å². The molecule has 2 amide bonds. The summed E-state index contributed by atoms with van der Waals surface area (Å²) in [4.78, 5) is 60.2. The van der Waals surface area contributed by atoms with Gasteiger partial charge in [-0.05, 0) is 167 Å². The van der Waals surface area contributed by atoms with Gasteiger partial charge in [0.15, 0.2) is 0 Å². The first kappa shape index (κ1) is 73.1. The molecule has 0 aliphatic rings. The number of pyridine rings is 3. The minimum absolute atomic E-state index is 0.0460. The summed E-state index contributed by atoms with van der Waals surface area (Å²) in [7, 11) is -5.37. The number of carboxylic acids is 1. The molecule has 18 nitrogen and oxygen atoms in total. The van der Waals surface area contributed by atoms with Crippen LogP contribution in [0.1, 0.15) is 81.5 Å². The Morgan fingerprint density at radius 3 is 1.38 bits per heavy atom. The molecule has 9 aromatic carbocycles. The van der Waals surface area contributed by atoms with E-state index in [9.17, 15) is 44.8 Å². The minimum atomic E-state index is -3.97. The van der Waals surface area contributed by atoms with Gasteiger partial charge in [-0.1, -0.05) is 169 Å². The number of carboxylic acid groups (broad SMARTS) is 1. The molecule has 0 unspecified atom stereocenters. The lowest BCUT2D eigenvalue weighted by atomic mass is 10.1. The van der Waals surface area contributed by atoms with Crippen molar-refractivity contribution in [1.82, 2.24) is 15.0 Å². The molecule has 0 spiro atoms. The number of hydrogen-bond donors (Lipinski definition) is 4. The van der Waals surface area contributed by atoms with Crippen molar-refractivity contribution < 1.29 is 59.4 Å². The lowest BCUT2D eigenvalue weighted by Crippen LogP contribution is -2.35. The number of benzene rings is 9. The van der Waals surface area contributed by atoms with E-state index in [1.165, 1.54) is 86.2 Å². The van der Waals surface area contributed by atoms with Gasteiger partial charge in [0.05, 0.1) is 58.7 Å². The SMILES string of the molecule is COC(=O)c1cc(C)c(C#Cc2cc(F)ccc2NS(=O)(=O)c2ccc(-c3ccccc3)cc2)cn1.COC(=O)c1ccc(C#Cc2ccccc2N(Cc2ccc3ccccc3c2)C(N)=O)cn1.Cc1cc(C(=O)O)ncc1C#Cc1cc(F)ccc1NS(=O)(=O)c1ccc(-c2ccccc2)cc1. The number of halogens is 2. The lowest BCUT2D eigenvalue weighted by Gasteiger charge is -2.22. The van der Waals surface area contributed by atoms with Crippen molar-refractivity contribution in [3.05, 3.63) is 334 Å². The van der Waals surface area contributed by atoms with E-state index < -0.39 is 55.6 Å². The van der Waals surface area contributed by atoms with Crippen LogP contribution in [-0.2, 0) is 36.1 Å². The number of hydrogen-bond acceptors (Lipinski definition) is 13. The summed E-state index contributed by atoms with van der Waals surface area (Å²) in [5.41, 5.74) is 15.2. The largest absolute Gasteiger partial charge is 0.477 e. The van der Waals surface area contributed by atoms with Gasteiger partial charge in [-0.15, -0.1) is 0 Å². The highest BCUT2D eigenvalue weighted by Crippen LogP contribution is 2.29. The number of rotatable bonds is 14. The molecule has 3 aromatic heterocycles. The summed E-state index contributed by atoms with van der Waals surface area (Å²) in [6.45, 7) is 3.73. The molecule has 0 saturated carbocycles. The predicted octanol–water partition coefficient (Wildman–Crippen LogP) is 14.8. The third-order valence-corrected chi connectivity index (χ3v) is 18.4. The third-order valence-electron chi connectivity index (χ3n) is 15.6. The Morgan fingerprint density at radius 1 is 0.452 bits per heavy atom. The highest BCUT2D eigenvalue weighted by atomic mass is 32.2. The number of esters is 2. The van der Waals surface area contributed by atoms with Crippen molar-refractivity contribution in [2.24, 2.45) is 5.73 Å². The molecule has 0 fully saturated rings. The van der Waals surface area contributed by atoms with E-state index >= 15 is 0 Å². The number of aromatic nitrogens is 3. The fourth-order valence-electron chi connectivity index (χ4n) is 10.2. The average Bonchev–Trinajstić information content (AvgIpc) is 0.835. The number of urea groups is 1. The van der Waals surface area contributed by atoms with Crippen LogP contribution in [0.5, 0.6) is 0 Å². The number of carbonyl (C=O) groups excluding carboxylic acids is 3. The van der Waals surface area contributed by atoms with Crippen molar-refractivity contribution in [3.63, 3.8) is 0 Å². The van der Waals surface area contributed by atoms with Crippen molar-refractivity contribution in [3.8, 4) is 57.8 Å². The number of carbonyl (C=O) groups is 4. The van der Waals surface area contributed by atoms with Gasteiger partial charge in [0.25, 0.3) is 20.0 Å². The number of aryl methyl sites for hydroxylation is 2. The monoisotopic (exact) mass is 1420 g/mol. The van der Waals surface area contributed by atoms with Gasteiger partial charge >= 0.3 is 23.9 Å². The van der Waals surface area contributed by atoms with E-state index in [-0.39, 0.29) is 49.4 Å². The highest BCUT2D eigenvalue weighted by Gasteiger charge is 2.21. The number of nitrogens with one attached hydrogen (secondary N) is 2. The lowest BCUT2D eigenvalue weighted by molar-refractivity contribution is 0.0585. The fourth-order valence-corrected chi connectivity index (χ4v) is 12.3. The zero-order chi connectivity index (χ0) is 73.9. The second-order valence-corrected chi connectivity index (χ2v) is 26.1. The Bertz CT molecular complexity index is 5660. The van der Waals surface area contributed by atoms with Gasteiger partial charge in [-0.3, -0.25) is 14.3 Å². The molecule has 0 atom stereocenters. The van der Waals surface area contributed by atoms with Crippen molar-refractivity contribution in [2.45, 2.75) is 30.2 Å². The van der Waals surface area contributed by atoms with Crippen LogP contribution in [0.25, 0.3) is 33.0 Å². The maximum absolute atomic E-state index is 14.0. The summed E-state index contributed by atoms with van der Waals surface area (Å²) in [6.07, 6.45) is 4.22. The zero-order valence-corrected chi connectivity index (χ0v) is 57.6. The van der Waals surface area contributed by atoms with Crippen LogP contribution < -0.4 is 20.1 Å². The molecular weight excluding hydrogens is 1360 g/mol. The number of ether oxygens (including phenoxy) is 2. The number of aromatic carboxylic acids is 1. The standard InChI is InChI=1S/C28H21FN2O4S.C27H19FN2O4S.C27H21N3O3/c1-19-16-27(28(32)35-2)30-18-23(19)9-8-22-17-24(29)12-15-26(22)31-36(33,34)25-13-10-21(11-14-25)20-6-4-3-5-7-20;1-18-15-26(27(31)32)29-17-22(18)8-7-21-16-23(28)11-14-25(21)30-35(33,34)24-12-9-20(10-13-24)19-5-3-2-4-6-19;1-33-26(31)24-15-12-19(17-29-24)10-14-22-7-4-5-9-25(22)30(27(28)32)18-20-11-13-21-6-2-3-8-23(21)16-20/h3-7,10-18,31H,1-2H3;2-6,9-17,30H,1H3,(H,31,32);2-9,11-13,15-17H,18H2,1H3,(H2,28,32). The molecule has 3 heterocycles. The van der Waals surface area contributed by atoms with Gasteiger partial charge in [0, 0.05) is 40.8 Å². The first-order chi connectivity index (χ1) is 50.0. The van der Waals surface area contributed by atoms with Crippen molar-refractivity contribution >= 4 is 71.8 Å². The Kier molecular flexibility index (Phi) is 23.6. The number of anilines is 3. The molecular formula is C82H61F2N7O11S2. The maximum Gasteiger partial charge on any atom is 0.356 e. The number of nitrogens with zero attached hydrogens (tertiary/aromatic N) is 4. The minimum Gasteiger partial charge on any atom is -0.477 e. The Labute approximate surface area is 599 Å². The van der Waals surface area contributed by atoms with E-state index in [4.69, 9.17) is 10.8 Å². The number of fused-ring (bicyclic) bond motifs is 1. The van der Waals surface area contributed by atoms with Gasteiger partial charge in [-0.2, -0.15) is 0 Å². The van der Waals surface area contributed by atoms with E-state index in [1.54, 1.807) is 50.2 Å². The first-order valence-electron chi connectivity index (χ1n) is 31.5. The number of amides is 2. The van der Waals surface area contributed by atoms with Crippen LogP contribution in [0.3, 0.4) is 0 Å². The number of sulfonamides is 2. The number of para-hydroxylation sites is 1. The van der Waals surface area contributed by atoms with E-state index in [0.717, 1.165) is 62.9 Å². The van der Waals surface area contributed by atoms with Crippen molar-refractivity contribution in [1.29, 1.82) is 0 Å². The molecule has 0 bridgehead atoms. The third kappa shape index (κ3) is 19.0. The molecule has 0 aliphatic heterocycles. The smallest absolute Gasteiger partial charge is 0.356 e. The summed E-state index contributed by atoms with van der Waals surface area (Å²) in [6, 6.07) is 66.3. The van der Waals surface area contributed by atoms with Crippen molar-refractivity contribution in [2.75, 3.05) is 28.6 Å². The van der Waals surface area contributed by atoms with Crippen LogP contribution in [0, 0.1) is 61.0 Å². The molecule has 12 aromatic rings. The quantitative estimate of drug-likeness (QED) is 0.0583. The van der Waals surface area contributed by atoms with Gasteiger partial charge < -0.3 is 20.3 Å². The molecule has 22 heteroatoms. The van der Waals surface area contributed by atoms with Gasteiger partial charge in [-0.25, -0.2) is 59.7 Å². The van der Waals surface area contributed by atoms with Crippen LogP contribution in [0.4, 0.5) is 30.6 Å². The molecule has 0 saturated heterocycles. The Balaban J connectivity index is 0.000000168. The number of primary amides is 1. The molecule has 104 heavy (non-hydrogen) atoms. The van der Waals surface area contributed by atoms with E-state index in [1.807, 2.05) is 127 Å². The summed E-state index contributed by atoms with van der Waals surface area (Å²) in [5.74, 6) is 14.0. The summed E-state index contributed by atoms with van der Waals surface area (Å²) < 4.78 is 94.3. The zero-order valence-electron chi connectivity index (χ0n) is 55.9. The summed E-state index contributed by atoms with van der Waals surface area (Å²) >= 11 is 0. The molecule has 12 rings (SSSR count). The molecule has 5 N–H and O–H groups in total. The average molecular weight is 1420 g/mol. The van der Waals surface area contributed by atoms with Gasteiger partial charge in [0.1, 0.15) is 28.7 Å². The summed E-state index contributed by atoms with van der Waals surface area (Å²) in [5, 5.41) is 11.3. The van der Waals surface area contributed by atoms with E-state index in [0.29, 0.717) is 45.6 Å². The number of nitrogens with two attached hydrogens (primary N) is 1. The predicted molar refractivity (Wildman–Crippen MR) is 394 cm³/mol. The van der Waals surface area contributed by atoms with Crippen LogP contribution in [0.2, 0.25) is 0 Å². The normalized spacial score (nSPS) is 10.6. The Hall–Kier alpha value is -13.6. The fraction of sp³-hybridized carbons (Fsp3) is 0.0610. The molecule has 0 aliphatic carbocycles. The van der Waals surface area contributed by atoms with Crippen LogP contribution >= 0.6 is 0 Å². The highest BCUT2D eigenvalue weighted by molar-refractivity contribution is 7.93. The molecule has 0 radical (unpaired) electrons. The second kappa shape index (κ2) is 33.5. The topological polar surface area (TPSA) is 267 Å². The number of methoxy groups -OCH3 is 2. The van der Waals surface area contributed by atoms with E-state index in [2.05, 4.69) is 69.4 Å². The maximum atomic E-state index is 14.0. The van der Waals surface area contributed by atoms with Crippen LogP contribution in [-0.4, -0.2) is 75.1 Å². The molecule has 516 valence electrons. The Morgan fingerprint density at radius 2 is 0.894 bits per heavy atom. The van der Waals surface area contributed by atoms with Crippen LogP contribution in [0.15, 0.2) is 265 Å². The second-order valence-electron chi connectivity index (χ2n) is 22.7.